The number of carboxylic acid groups (broad SMARTS) is 1. The standard InChI is InChI=1S/C13H10N2O3/c14-8-4-3-6-10-5-1-2-7-11(10)13(18)15-9-12(16)17/h1-2,5,7H,4,9H2,(H,15,18)(H,16,17). The maximum atomic E-state index is 11.7. The topological polar surface area (TPSA) is 90.2 Å². The summed E-state index contributed by atoms with van der Waals surface area (Å²) >= 11 is 0. The van der Waals surface area contributed by atoms with Crippen LogP contribution in [0.5, 0.6) is 0 Å². The molecule has 0 aliphatic carbocycles. The Balaban J connectivity index is 2.89. The van der Waals surface area contributed by atoms with Crippen molar-refractivity contribution in [3.63, 3.8) is 0 Å². The summed E-state index contributed by atoms with van der Waals surface area (Å²) in [5.74, 6) is 3.69. The molecule has 0 atom stereocenters. The molecule has 0 heterocycles. The zero-order chi connectivity index (χ0) is 13.4. The van der Waals surface area contributed by atoms with Crippen molar-refractivity contribution in [3.05, 3.63) is 35.4 Å². The van der Waals surface area contributed by atoms with Gasteiger partial charge in [-0.2, -0.15) is 5.26 Å². The van der Waals surface area contributed by atoms with Gasteiger partial charge < -0.3 is 10.4 Å². The molecular formula is C13H10N2O3. The van der Waals surface area contributed by atoms with Crippen LogP contribution in [0.2, 0.25) is 0 Å². The Morgan fingerprint density at radius 1 is 1.33 bits per heavy atom. The van der Waals surface area contributed by atoms with E-state index in [-0.39, 0.29) is 6.42 Å². The molecule has 0 unspecified atom stereocenters. The molecule has 1 aromatic carbocycles. The van der Waals surface area contributed by atoms with Gasteiger partial charge in [0.1, 0.15) is 6.54 Å². The number of aliphatic carboxylic acids is 1. The number of carbonyl (C=O) groups is 2. The lowest BCUT2D eigenvalue weighted by Crippen LogP contribution is -2.29. The van der Waals surface area contributed by atoms with E-state index in [9.17, 15) is 9.59 Å². The molecule has 1 aromatic rings. The first-order valence-corrected chi connectivity index (χ1v) is 5.10. The Kier molecular flexibility index (Phi) is 4.96. The van der Waals surface area contributed by atoms with Gasteiger partial charge in [-0.25, -0.2) is 0 Å². The molecule has 5 nitrogen and oxygen atoms in total. The minimum Gasteiger partial charge on any atom is -0.480 e. The molecular weight excluding hydrogens is 232 g/mol. The predicted molar refractivity (Wildman–Crippen MR) is 63.5 cm³/mol. The molecule has 0 aromatic heterocycles. The smallest absolute Gasteiger partial charge is 0.322 e. The van der Waals surface area contributed by atoms with E-state index in [2.05, 4.69) is 17.2 Å². The molecule has 0 aliphatic heterocycles. The van der Waals surface area contributed by atoms with Crippen molar-refractivity contribution >= 4 is 11.9 Å². The van der Waals surface area contributed by atoms with Crippen LogP contribution in [-0.4, -0.2) is 23.5 Å². The molecule has 1 rings (SSSR count). The average Bonchev–Trinajstić information content (AvgIpc) is 2.37. The van der Waals surface area contributed by atoms with E-state index in [0.717, 1.165) is 0 Å². The first-order valence-electron chi connectivity index (χ1n) is 5.10. The van der Waals surface area contributed by atoms with Crippen LogP contribution in [0.15, 0.2) is 24.3 Å². The molecule has 0 saturated carbocycles. The number of carbonyl (C=O) groups excluding carboxylic acids is 1. The highest BCUT2D eigenvalue weighted by atomic mass is 16.4. The average molecular weight is 242 g/mol. The number of amides is 1. The normalized spacial score (nSPS) is 8.61. The van der Waals surface area contributed by atoms with Crippen LogP contribution in [0, 0.1) is 23.2 Å². The minimum atomic E-state index is -1.11. The van der Waals surface area contributed by atoms with Crippen LogP contribution in [0.4, 0.5) is 0 Å². The fraction of sp³-hybridized carbons (Fsp3) is 0.154. The van der Waals surface area contributed by atoms with Crippen LogP contribution in [0.1, 0.15) is 22.3 Å². The van der Waals surface area contributed by atoms with Gasteiger partial charge in [0.05, 0.1) is 18.1 Å². The SMILES string of the molecule is N#CCC#Cc1ccccc1C(=O)NCC(=O)O. The van der Waals surface area contributed by atoms with Gasteiger partial charge in [-0.05, 0) is 12.1 Å². The quantitative estimate of drug-likeness (QED) is 0.766. The highest BCUT2D eigenvalue weighted by Crippen LogP contribution is 2.07. The molecule has 2 N–H and O–H groups in total. The van der Waals surface area contributed by atoms with E-state index in [0.29, 0.717) is 11.1 Å². The molecule has 90 valence electrons. The molecule has 0 saturated heterocycles. The summed E-state index contributed by atoms with van der Waals surface area (Å²) in [4.78, 5) is 22.0. The molecule has 5 heteroatoms. The van der Waals surface area contributed by atoms with Gasteiger partial charge in [0.15, 0.2) is 0 Å². The number of hydrogen-bond donors (Lipinski definition) is 2. The molecule has 18 heavy (non-hydrogen) atoms. The highest BCUT2D eigenvalue weighted by Gasteiger charge is 2.10. The van der Waals surface area contributed by atoms with E-state index in [1.54, 1.807) is 24.3 Å². The summed E-state index contributed by atoms with van der Waals surface area (Å²) < 4.78 is 0. The first-order chi connectivity index (χ1) is 8.65. The van der Waals surface area contributed by atoms with Crippen LogP contribution >= 0.6 is 0 Å². The third-order valence-electron chi connectivity index (χ3n) is 1.96. The number of nitrogens with zero attached hydrogens (tertiary/aromatic N) is 1. The maximum absolute atomic E-state index is 11.7. The summed E-state index contributed by atoms with van der Waals surface area (Å²) in [6, 6.07) is 8.43. The van der Waals surface area contributed by atoms with Crippen molar-refractivity contribution in [2.75, 3.05) is 6.54 Å². The van der Waals surface area contributed by atoms with Crippen molar-refractivity contribution in [2.24, 2.45) is 0 Å². The van der Waals surface area contributed by atoms with Gasteiger partial charge in [0, 0.05) is 5.56 Å². The van der Waals surface area contributed by atoms with Crippen LogP contribution in [0.25, 0.3) is 0 Å². The largest absolute Gasteiger partial charge is 0.480 e. The van der Waals surface area contributed by atoms with Crippen molar-refractivity contribution in [3.8, 4) is 17.9 Å². The van der Waals surface area contributed by atoms with Gasteiger partial charge in [-0.15, -0.1) is 0 Å². The Morgan fingerprint density at radius 3 is 2.72 bits per heavy atom. The number of nitrogens with one attached hydrogen (secondary N) is 1. The number of nitriles is 1. The lowest BCUT2D eigenvalue weighted by molar-refractivity contribution is -0.135. The second kappa shape index (κ2) is 6.72. The fourth-order valence-corrected chi connectivity index (χ4v) is 1.22. The number of carboxylic acids is 1. The minimum absolute atomic E-state index is 0.0745. The van der Waals surface area contributed by atoms with Gasteiger partial charge in [-0.3, -0.25) is 9.59 Å². The summed E-state index contributed by atoms with van der Waals surface area (Å²) in [6.07, 6.45) is 0.0745. The highest BCUT2D eigenvalue weighted by molar-refractivity contribution is 5.98. The van der Waals surface area contributed by atoms with E-state index in [4.69, 9.17) is 10.4 Å². The third kappa shape index (κ3) is 3.99. The van der Waals surface area contributed by atoms with Gasteiger partial charge in [0.25, 0.3) is 5.91 Å². The molecule has 0 bridgehead atoms. The van der Waals surface area contributed by atoms with Gasteiger partial charge in [-0.1, -0.05) is 24.0 Å². The van der Waals surface area contributed by atoms with E-state index < -0.39 is 18.4 Å². The molecule has 0 radical (unpaired) electrons. The van der Waals surface area contributed by atoms with E-state index in [1.165, 1.54) is 0 Å². The summed E-state index contributed by atoms with van der Waals surface area (Å²) in [5.41, 5.74) is 0.764. The van der Waals surface area contributed by atoms with E-state index >= 15 is 0 Å². The second-order valence-electron chi connectivity index (χ2n) is 3.26. The fourth-order valence-electron chi connectivity index (χ4n) is 1.22. The zero-order valence-corrected chi connectivity index (χ0v) is 9.43. The summed E-state index contributed by atoms with van der Waals surface area (Å²) in [5, 5.41) is 19.1. The van der Waals surface area contributed by atoms with Gasteiger partial charge >= 0.3 is 5.97 Å². The molecule has 0 aliphatic rings. The van der Waals surface area contributed by atoms with Crippen molar-refractivity contribution < 1.29 is 14.7 Å². The lowest BCUT2D eigenvalue weighted by Gasteiger charge is -2.04. The van der Waals surface area contributed by atoms with Crippen LogP contribution in [0.3, 0.4) is 0 Å². The number of benzene rings is 1. The summed E-state index contributed by atoms with van der Waals surface area (Å²) in [6.45, 7) is -0.446. The Morgan fingerprint density at radius 2 is 2.06 bits per heavy atom. The molecule has 0 fully saturated rings. The monoisotopic (exact) mass is 242 g/mol. The first kappa shape index (κ1) is 13.3. The second-order valence-corrected chi connectivity index (χ2v) is 3.26. The van der Waals surface area contributed by atoms with Crippen LogP contribution < -0.4 is 5.32 Å². The Labute approximate surface area is 104 Å². The Hall–Kier alpha value is -2.79. The summed E-state index contributed by atoms with van der Waals surface area (Å²) in [7, 11) is 0. The maximum Gasteiger partial charge on any atom is 0.322 e. The lowest BCUT2D eigenvalue weighted by atomic mass is 10.1. The zero-order valence-electron chi connectivity index (χ0n) is 9.43. The van der Waals surface area contributed by atoms with E-state index in [1.807, 2.05) is 6.07 Å². The van der Waals surface area contributed by atoms with Gasteiger partial charge in [0.2, 0.25) is 0 Å². The van der Waals surface area contributed by atoms with Crippen LogP contribution in [-0.2, 0) is 4.79 Å². The third-order valence-corrected chi connectivity index (χ3v) is 1.96. The predicted octanol–water partition coefficient (Wildman–Crippen LogP) is 0.766. The number of hydrogen-bond acceptors (Lipinski definition) is 3. The number of rotatable bonds is 3. The van der Waals surface area contributed by atoms with Crippen molar-refractivity contribution in [2.45, 2.75) is 6.42 Å². The van der Waals surface area contributed by atoms with Crippen molar-refractivity contribution in [1.29, 1.82) is 5.26 Å². The Bertz CT molecular complexity index is 562. The molecule has 0 spiro atoms. The molecule has 1 amide bonds. The van der Waals surface area contributed by atoms with Crippen molar-refractivity contribution in [1.82, 2.24) is 5.32 Å².